The minimum atomic E-state index is 0.909. The van der Waals surface area contributed by atoms with Crippen molar-refractivity contribution in [3.63, 3.8) is 0 Å². The Balaban J connectivity index is 1.42. The topological polar surface area (TPSA) is 41.1 Å². The molecule has 0 atom stereocenters. The Morgan fingerprint density at radius 1 is 1.05 bits per heavy atom. The van der Waals surface area contributed by atoms with Crippen molar-refractivity contribution in [2.24, 2.45) is 0 Å². The molecule has 2 heterocycles. The third kappa shape index (κ3) is 3.52. The van der Waals surface area contributed by atoms with E-state index in [9.17, 15) is 0 Å². The number of nitrogens with one attached hydrogen (secondary N) is 1. The van der Waals surface area contributed by atoms with Crippen molar-refractivity contribution in [3.8, 4) is 0 Å². The van der Waals surface area contributed by atoms with E-state index < -0.39 is 0 Å². The highest BCUT2D eigenvalue weighted by Gasteiger charge is 2.09. The Hall–Kier alpha value is -1.52. The Labute approximate surface area is 120 Å². The van der Waals surface area contributed by atoms with Crippen LogP contribution in [0.3, 0.4) is 0 Å². The molecule has 2 aromatic rings. The second-order valence-electron chi connectivity index (χ2n) is 5.46. The molecule has 4 heteroatoms. The van der Waals surface area contributed by atoms with Crippen molar-refractivity contribution in [1.82, 2.24) is 20.2 Å². The molecule has 0 aliphatic carbocycles. The van der Waals surface area contributed by atoms with Crippen LogP contribution < -0.4 is 5.32 Å². The van der Waals surface area contributed by atoms with E-state index in [2.05, 4.69) is 32.3 Å². The van der Waals surface area contributed by atoms with Crippen LogP contribution in [0.4, 0.5) is 0 Å². The Bertz CT molecular complexity index is 549. The standard InChI is InChI=1S/C16H22N4/c1-2-10-20(9-1)11-3-6-17-13-14-4-5-15-16(12-14)19-8-7-18-15/h4-5,7-8,12,17H,1-3,6,9-11,13H2. The van der Waals surface area contributed by atoms with Gasteiger partial charge in [0.1, 0.15) is 0 Å². The zero-order valence-corrected chi connectivity index (χ0v) is 11.9. The van der Waals surface area contributed by atoms with Gasteiger partial charge in [0.2, 0.25) is 0 Å². The van der Waals surface area contributed by atoms with Crippen LogP contribution in [0.1, 0.15) is 24.8 Å². The molecule has 4 nitrogen and oxygen atoms in total. The first-order valence-corrected chi connectivity index (χ1v) is 7.54. The first-order chi connectivity index (χ1) is 9.92. The van der Waals surface area contributed by atoms with E-state index in [-0.39, 0.29) is 0 Å². The van der Waals surface area contributed by atoms with Crippen molar-refractivity contribution in [1.29, 1.82) is 0 Å². The van der Waals surface area contributed by atoms with Crippen molar-refractivity contribution in [2.75, 3.05) is 26.2 Å². The van der Waals surface area contributed by atoms with Crippen LogP contribution in [-0.4, -0.2) is 41.0 Å². The fraction of sp³-hybridized carbons (Fsp3) is 0.500. The average molecular weight is 270 g/mol. The third-order valence-corrected chi connectivity index (χ3v) is 3.89. The number of likely N-dealkylation sites (tertiary alicyclic amines) is 1. The molecule has 1 N–H and O–H groups in total. The van der Waals surface area contributed by atoms with Gasteiger partial charge in [-0.2, -0.15) is 0 Å². The normalized spacial score (nSPS) is 16.0. The predicted molar refractivity (Wildman–Crippen MR) is 81.5 cm³/mol. The molecule has 0 saturated carbocycles. The summed E-state index contributed by atoms with van der Waals surface area (Å²) in [6, 6.07) is 6.30. The number of benzene rings is 1. The molecule has 3 rings (SSSR count). The lowest BCUT2D eigenvalue weighted by atomic mass is 10.2. The lowest BCUT2D eigenvalue weighted by molar-refractivity contribution is 0.331. The van der Waals surface area contributed by atoms with Gasteiger partial charge in [-0.25, -0.2) is 0 Å². The molecule has 1 aromatic heterocycles. The second kappa shape index (κ2) is 6.77. The van der Waals surface area contributed by atoms with Crippen molar-refractivity contribution < 1.29 is 0 Å². The van der Waals surface area contributed by atoms with Crippen LogP contribution >= 0.6 is 0 Å². The van der Waals surface area contributed by atoms with E-state index >= 15 is 0 Å². The summed E-state index contributed by atoms with van der Waals surface area (Å²) in [6.07, 6.45) is 7.47. The molecule has 1 aromatic carbocycles. The summed E-state index contributed by atoms with van der Waals surface area (Å²) in [6.45, 7) is 5.81. The van der Waals surface area contributed by atoms with E-state index in [4.69, 9.17) is 0 Å². The van der Waals surface area contributed by atoms with Crippen LogP contribution in [0.2, 0.25) is 0 Å². The smallest absolute Gasteiger partial charge is 0.0890 e. The van der Waals surface area contributed by atoms with Gasteiger partial charge in [-0.05, 0) is 63.1 Å². The van der Waals surface area contributed by atoms with E-state index in [1.54, 1.807) is 12.4 Å². The Kier molecular flexibility index (Phi) is 4.56. The molecule has 20 heavy (non-hydrogen) atoms. The Morgan fingerprint density at radius 2 is 1.85 bits per heavy atom. The van der Waals surface area contributed by atoms with Crippen LogP contribution in [0, 0.1) is 0 Å². The first-order valence-electron chi connectivity index (χ1n) is 7.54. The minimum Gasteiger partial charge on any atom is -0.313 e. The predicted octanol–water partition coefficient (Wildman–Crippen LogP) is 2.21. The fourth-order valence-corrected chi connectivity index (χ4v) is 2.79. The van der Waals surface area contributed by atoms with Gasteiger partial charge < -0.3 is 10.2 Å². The van der Waals surface area contributed by atoms with E-state index in [0.717, 1.165) is 24.1 Å². The maximum atomic E-state index is 4.34. The number of fused-ring (bicyclic) bond motifs is 1. The maximum Gasteiger partial charge on any atom is 0.0890 e. The van der Waals surface area contributed by atoms with Gasteiger partial charge in [0.25, 0.3) is 0 Å². The van der Waals surface area contributed by atoms with E-state index in [1.807, 2.05) is 6.07 Å². The summed E-state index contributed by atoms with van der Waals surface area (Å²) in [5, 5.41) is 3.52. The zero-order chi connectivity index (χ0) is 13.6. The molecule has 0 radical (unpaired) electrons. The summed E-state index contributed by atoms with van der Waals surface area (Å²) in [7, 11) is 0. The van der Waals surface area contributed by atoms with Gasteiger partial charge in [0.05, 0.1) is 11.0 Å². The van der Waals surface area contributed by atoms with Gasteiger partial charge in [-0.1, -0.05) is 6.07 Å². The van der Waals surface area contributed by atoms with Crippen molar-refractivity contribution in [2.45, 2.75) is 25.8 Å². The second-order valence-corrected chi connectivity index (χ2v) is 5.46. The van der Waals surface area contributed by atoms with E-state index in [1.165, 1.54) is 44.5 Å². The number of hydrogen-bond donors (Lipinski definition) is 1. The van der Waals surface area contributed by atoms with Gasteiger partial charge in [-0.15, -0.1) is 0 Å². The van der Waals surface area contributed by atoms with Gasteiger partial charge >= 0.3 is 0 Å². The lowest BCUT2D eigenvalue weighted by Gasteiger charge is -2.14. The molecule has 1 saturated heterocycles. The molecule has 0 spiro atoms. The lowest BCUT2D eigenvalue weighted by Crippen LogP contribution is -2.24. The van der Waals surface area contributed by atoms with Crippen LogP contribution in [0.5, 0.6) is 0 Å². The molecule has 1 aliphatic heterocycles. The van der Waals surface area contributed by atoms with Crippen LogP contribution in [0.15, 0.2) is 30.6 Å². The molecule has 1 aliphatic rings. The van der Waals surface area contributed by atoms with Crippen molar-refractivity contribution in [3.05, 3.63) is 36.2 Å². The minimum absolute atomic E-state index is 0.909. The number of aromatic nitrogens is 2. The number of hydrogen-bond acceptors (Lipinski definition) is 4. The summed E-state index contributed by atoms with van der Waals surface area (Å²) >= 11 is 0. The van der Waals surface area contributed by atoms with E-state index in [0.29, 0.717) is 0 Å². The largest absolute Gasteiger partial charge is 0.313 e. The monoisotopic (exact) mass is 270 g/mol. The first kappa shape index (κ1) is 13.5. The third-order valence-electron chi connectivity index (χ3n) is 3.89. The summed E-state index contributed by atoms with van der Waals surface area (Å²) in [5.74, 6) is 0. The highest BCUT2D eigenvalue weighted by molar-refractivity contribution is 5.74. The molecule has 0 unspecified atom stereocenters. The Morgan fingerprint density at radius 3 is 2.70 bits per heavy atom. The molecular weight excluding hydrogens is 248 g/mol. The van der Waals surface area contributed by atoms with Gasteiger partial charge in [0, 0.05) is 18.9 Å². The van der Waals surface area contributed by atoms with Gasteiger partial charge in [0.15, 0.2) is 0 Å². The fourth-order valence-electron chi connectivity index (χ4n) is 2.79. The SMILES string of the molecule is c1cnc2cc(CNCCCN3CCCC3)ccc2n1. The number of rotatable bonds is 6. The summed E-state index contributed by atoms with van der Waals surface area (Å²) in [4.78, 5) is 11.2. The highest BCUT2D eigenvalue weighted by Crippen LogP contribution is 2.10. The summed E-state index contributed by atoms with van der Waals surface area (Å²) in [5.41, 5.74) is 3.22. The quantitative estimate of drug-likeness (QED) is 0.817. The van der Waals surface area contributed by atoms with Crippen LogP contribution in [-0.2, 0) is 6.54 Å². The zero-order valence-electron chi connectivity index (χ0n) is 11.9. The highest BCUT2D eigenvalue weighted by atomic mass is 15.1. The van der Waals surface area contributed by atoms with Gasteiger partial charge in [-0.3, -0.25) is 9.97 Å². The molecule has 0 amide bonds. The van der Waals surface area contributed by atoms with Crippen molar-refractivity contribution >= 4 is 11.0 Å². The number of nitrogens with zero attached hydrogens (tertiary/aromatic N) is 3. The average Bonchev–Trinajstić information content (AvgIpc) is 3.00. The molecule has 106 valence electrons. The maximum absolute atomic E-state index is 4.34. The summed E-state index contributed by atoms with van der Waals surface area (Å²) < 4.78 is 0. The molecule has 0 bridgehead atoms. The molecule has 1 fully saturated rings. The molecular formula is C16H22N4. The van der Waals surface area contributed by atoms with Crippen LogP contribution in [0.25, 0.3) is 11.0 Å².